The van der Waals surface area contributed by atoms with E-state index in [-0.39, 0.29) is 0 Å². The second-order valence-electron chi connectivity index (χ2n) is 6.59. The Balaban J connectivity index is 1.56. The first-order chi connectivity index (χ1) is 11.6. The fourth-order valence-corrected chi connectivity index (χ4v) is 3.11. The molecule has 0 bridgehead atoms. The summed E-state index contributed by atoms with van der Waals surface area (Å²) in [6.45, 7) is 11.5. The lowest BCUT2D eigenvalue weighted by Gasteiger charge is -2.33. The Morgan fingerprint density at radius 1 is 1.12 bits per heavy atom. The quantitative estimate of drug-likeness (QED) is 0.810. The minimum Gasteiger partial charge on any atom is -0.295 e. The van der Waals surface area contributed by atoms with E-state index in [0.717, 1.165) is 44.0 Å². The van der Waals surface area contributed by atoms with Crippen molar-refractivity contribution in [1.29, 1.82) is 0 Å². The summed E-state index contributed by atoms with van der Waals surface area (Å²) in [6, 6.07) is 10.8. The van der Waals surface area contributed by atoms with Crippen LogP contribution in [-0.2, 0) is 6.54 Å². The summed E-state index contributed by atoms with van der Waals surface area (Å²) >= 11 is 0. The van der Waals surface area contributed by atoms with Gasteiger partial charge in [-0.25, -0.2) is 0 Å². The fraction of sp³-hybridized carbons (Fsp3) is 0.400. The Bertz CT molecular complexity index is 701. The number of benzene rings is 1. The lowest BCUT2D eigenvalue weighted by Crippen LogP contribution is -2.44. The molecule has 1 aliphatic rings. The third-order valence-electron chi connectivity index (χ3n) is 4.61. The number of hydrazone groups is 1. The molecule has 0 N–H and O–H groups in total. The lowest BCUT2D eigenvalue weighted by atomic mass is 10.1. The van der Waals surface area contributed by atoms with Crippen LogP contribution in [0.25, 0.3) is 0 Å². The molecular weight excluding hydrogens is 296 g/mol. The molecule has 1 aromatic heterocycles. The average molecular weight is 322 g/mol. The topological polar surface area (TPSA) is 31.7 Å². The molecule has 1 aromatic carbocycles. The second kappa shape index (κ2) is 7.58. The number of hydrogen-bond acceptors (Lipinski definition) is 4. The highest BCUT2D eigenvalue weighted by atomic mass is 15.5. The zero-order chi connectivity index (χ0) is 16.9. The molecule has 2 heterocycles. The Kier molecular flexibility index (Phi) is 5.26. The van der Waals surface area contributed by atoms with Crippen LogP contribution in [0.15, 0.2) is 47.8 Å². The van der Waals surface area contributed by atoms with Gasteiger partial charge in [-0.05, 0) is 38.0 Å². The molecule has 0 unspecified atom stereocenters. The van der Waals surface area contributed by atoms with E-state index in [2.05, 4.69) is 59.9 Å². The summed E-state index contributed by atoms with van der Waals surface area (Å²) < 4.78 is 0. The van der Waals surface area contributed by atoms with Crippen molar-refractivity contribution in [2.45, 2.75) is 27.3 Å². The van der Waals surface area contributed by atoms with Gasteiger partial charge < -0.3 is 0 Å². The van der Waals surface area contributed by atoms with Crippen LogP contribution in [0, 0.1) is 13.8 Å². The predicted octanol–water partition coefficient (Wildman–Crippen LogP) is 3.24. The van der Waals surface area contributed by atoms with Crippen LogP contribution in [0.2, 0.25) is 0 Å². The van der Waals surface area contributed by atoms with Crippen molar-refractivity contribution < 1.29 is 0 Å². The monoisotopic (exact) mass is 322 g/mol. The van der Waals surface area contributed by atoms with Gasteiger partial charge in [0, 0.05) is 50.7 Å². The standard InChI is InChI=1S/C20H26N4/c1-16-6-7-20(17(2)13-16)15-23-9-11-24(12-10-23)22-18(3)19-5-4-8-21-14-19/h4-8,13-14H,9-12,15H2,1-3H3/b22-18+. The average Bonchev–Trinajstić information content (AvgIpc) is 2.60. The van der Waals surface area contributed by atoms with Crippen molar-refractivity contribution in [1.82, 2.24) is 14.9 Å². The third-order valence-corrected chi connectivity index (χ3v) is 4.61. The molecule has 1 fully saturated rings. The first-order valence-electron chi connectivity index (χ1n) is 8.61. The maximum atomic E-state index is 4.76. The van der Waals surface area contributed by atoms with E-state index >= 15 is 0 Å². The molecule has 126 valence electrons. The van der Waals surface area contributed by atoms with Gasteiger partial charge in [-0.1, -0.05) is 29.8 Å². The molecule has 0 atom stereocenters. The van der Waals surface area contributed by atoms with Gasteiger partial charge in [0.05, 0.1) is 5.71 Å². The molecule has 3 rings (SSSR count). The Morgan fingerprint density at radius 3 is 2.58 bits per heavy atom. The van der Waals surface area contributed by atoms with Crippen molar-refractivity contribution in [3.8, 4) is 0 Å². The van der Waals surface area contributed by atoms with Gasteiger partial charge in [0.1, 0.15) is 0 Å². The largest absolute Gasteiger partial charge is 0.295 e. The van der Waals surface area contributed by atoms with E-state index in [1.165, 1.54) is 16.7 Å². The molecule has 2 aromatic rings. The molecule has 1 saturated heterocycles. The molecule has 4 heteroatoms. The molecule has 0 radical (unpaired) electrons. The van der Waals surface area contributed by atoms with Gasteiger partial charge in [0.2, 0.25) is 0 Å². The number of aromatic nitrogens is 1. The molecule has 24 heavy (non-hydrogen) atoms. The van der Waals surface area contributed by atoms with Gasteiger partial charge in [-0.2, -0.15) is 5.10 Å². The van der Waals surface area contributed by atoms with Crippen LogP contribution < -0.4 is 0 Å². The maximum Gasteiger partial charge on any atom is 0.0662 e. The number of piperazine rings is 1. The van der Waals surface area contributed by atoms with Crippen molar-refractivity contribution in [2.24, 2.45) is 5.10 Å². The first-order valence-corrected chi connectivity index (χ1v) is 8.61. The van der Waals surface area contributed by atoms with E-state index in [9.17, 15) is 0 Å². The zero-order valence-electron chi connectivity index (χ0n) is 14.9. The second-order valence-corrected chi connectivity index (χ2v) is 6.59. The van der Waals surface area contributed by atoms with E-state index in [1.54, 1.807) is 6.20 Å². The Hall–Kier alpha value is -2.20. The van der Waals surface area contributed by atoms with Crippen molar-refractivity contribution in [3.05, 3.63) is 65.0 Å². The van der Waals surface area contributed by atoms with E-state index < -0.39 is 0 Å². The van der Waals surface area contributed by atoms with Crippen LogP contribution in [0.4, 0.5) is 0 Å². The molecule has 4 nitrogen and oxygen atoms in total. The molecule has 1 aliphatic heterocycles. The minimum atomic E-state index is 0.975. The number of rotatable bonds is 4. The summed E-state index contributed by atoms with van der Waals surface area (Å²) in [5.74, 6) is 0. The Morgan fingerprint density at radius 2 is 1.92 bits per heavy atom. The molecule has 0 spiro atoms. The number of aryl methyl sites for hydroxylation is 2. The zero-order valence-corrected chi connectivity index (χ0v) is 14.9. The van der Waals surface area contributed by atoms with Crippen LogP contribution >= 0.6 is 0 Å². The van der Waals surface area contributed by atoms with Gasteiger partial charge in [-0.3, -0.25) is 14.9 Å². The van der Waals surface area contributed by atoms with Gasteiger partial charge in [0.25, 0.3) is 0 Å². The van der Waals surface area contributed by atoms with Gasteiger partial charge in [-0.15, -0.1) is 0 Å². The predicted molar refractivity (Wildman–Crippen MR) is 99.2 cm³/mol. The fourth-order valence-electron chi connectivity index (χ4n) is 3.11. The summed E-state index contributed by atoms with van der Waals surface area (Å²) in [5, 5.41) is 6.94. The normalized spacial score (nSPS) is 16.5. The number of hydrogen-bond donors (Lipinski definition) is 0. The highest BCUT2D eigenvalue weighted by Gasteiger charge is 2.16. The summed E-state index contributed by atoms with van der Waals surface area (Å²) in [5.41, 5.74) is 6.29. The van der Waals surface area contributed by atoms with Crippen molar-refractivity contribution in [2.75, 3.05) is 26.2 Å². The number of pyridine rings is 1. The van der Waals surface area contributed by atoms with E-state index in [0.29, 0.717) is 0 Å². The van der Waals surface area contributed by atoms with Gasteiger partial charge in [0.15, 0.2) is 0 Å². The molecule has 0 aliphatic carbocycles. The highest BCUT2D eigenvalue weighted by molar-refractivity contribution is 5.98. The SMILES string of the molecule is C/C(=N\N1CCN(Cc2ccc(C)cc2C)CC1)c1cccnc1. The summed E-state index contributed by atoms with van der Waals surface area (Å²) in [6.07, 6.45) is 3.66. The number of nitrogens with zero attached hydrogens (tertiary/aromatic N) is 4. The van der Waals surface area contributed by atoms with Crippen LogP contribution in [0.5, 0.6) is 0 Å². The molecule has 0 amide bonds. The van der Waals surface area contributed by atoms with Crippen molar-refractivity contribution >= 4 is 5.71 Å². The highest BCUT2D eigenvalue weighted by Crippen LogP contribution is 2.15. The lowest BCUT2D eigenvalue weighted by molar-refractivity contribution is 0.130. The van der Waals surface area contributed by atoms with Crippen LogP contribution in [-0.4, -0.2) is 46.8 Å². The smallest absolute Gasteiger partial charge is 0.0662 e. The maximum absolute atomic E-state index is 4.76. The molecular formula is C20H26N4. The minimum absolute atomic E-state index is 0.975. The van der Waals surface area contributed by atoms with E-state index in [4.69, 9.17) is 5.10 Å². The summed E-state index contributed by atoms with van der Waals surface area (Å²) in [7, 11) is 0. The van der Waals surface area contributed by atoms with Crippen LogP contribution in [0.1, 0.15) is 29.2 Å². The first kappa shape index (κ1) is 16.7. The van der Waals surface area contributed by atoms with Crippen molar-refractivity contribution in [3.63, 3.8) is 0 Å². The third kappa shape index (κ3) is 4.20. The van der Waals surface area contributed by atoms with Crippen LogP contribution in [0.3, 0.4) is 0 Å². The summed E-state index contributed by atoms with van der Waals surface area (Å²) in [4.78, 5) is 6.68. The van der Waals surface area contributed by atoms with E-state index in [1.807, 2.05) is 12.3 Å². The molecule has 0 saturated carbocycles. The Labute approximate surface area is 144 Å². The van der Waals surface area contributed by atoms with Gasteiger partial charge >= 0.3 is 0 Å².